The van der Waals surface area contributed by atoms with Crippen LogP contribution in [0.4, 0.5) is 0 Å². The van der Waals surface area contributed by atoms with Gasteiger partial charge in [-0.25, -0.2) is 9.67 Å². The lowest BCUT2D eigenvalue weighted by molar-refractivity contribution is 0.414. The first kappa shape index (κ1) is 13.8. The molecular weight excluding hydrogens is 332 g/mol. The van der Waals surface area contributed by atoms with Crippen molar-refractivity contribution in [2.24, 2.45) is 0 Å². The Labute approximate surface area is 130 Å². The second-order valence-electron chi connectivity index (χ2n) is 4.52. The Balaban J connectivity index is 1.78. The molecule has 5 nitrogen and oxygen atoms in total. The minimum atomic E-state index is 0.670. The number of hydrogen-bond acceptors (Lipinski definition) is 4. The second kappa shape index (κ2) is 6.05. The van der Waals surface area contributed by atoms with E-state index in [1.807, 2.05) is 47.3 Å². The lowest BCUT2D eigenvalue weighted by Crippen LogP contribution is -2.00. The van der Waals surface area contributed by atoms with Gasteiger partial charge in [-0.1, -0.05) is 17.3 Å². The molecule has 0 radical (unpaired) electrons. The molecule has 0 N–H and O–H groups in total. The number of benzene rings is 1. The number of rotatable bonds is 4. The van der Waals surface area contributed by atoms with Crippen LogP contribution in [0.3, 0.4) is 0 Å². The summed E-state index contributed by atoms with van der Waals surface area (Å²) >= 11 is 3.36. The Morgan fingerprint density at radius 3 is 2.71 bits per heavy atom. The Kier molecular flexibility index (Phi) is 3.96. The van der Waals surface area contributed by atoms with Crippen LogP contribution in [0.25, 0.3) is 11.3 Å². The molecule has 0 aliphatic rings. The van der Waals surface area contributed by atoms with E-state index >= 15 is 0 Å². The number of pyridine rings is 1. The molecule has 0 bridgehead atoms. The molecule has 2 aromatic heterocycles. The maximum absolute atomic E-state index is 5.15. The zero-order chi connectivity index (χ0) is 14.7. The van der Waals surface area contributed by atoms with Crippen LogP contribution in [0, 0.1) is 0 Å². The lowest BCUT2D eigenvalue weighted by Gasteiger charge is -2.03. The van der Waals surface area contributed by atoms with Gasteiger partial charge in [0, 0.05) is 11.8 Å². The smallest absolute Gasteiger partial charge is 0.118 e. The average Bonchev–Trinajstić information content (AvgIpc) is 2.97. The molecule has 6 heteroatoms. The lowest BCUT2D eigenvalue weighted by atomic mass is 10.2. The fourth-order valence-electron chi connectivity index (χ4n) is 1.99. The first-order valence-electron chi connectivity index (χ1n) is 6.39. The fraction of sp³-hybridized carbons (Fsp3) is 0.133. The second-order valence-corrected chi connectivity index (χ2v) is 5.33. The van der Waals surface area contributed by atoms with Gasteiger partial charge in [-0.2, -0.15) is 0 Å². The van der Waals surface area contributed by atoms with Crippen LogP contribution in [0.2, 0.25) is 0 Å². The van der Waals surface area contributed by atoms with E-state index in [-0.39, 0.29) is 0 Å². The number of methoxy groups -OCH3 is 1. The summed E-state index contributed by atoms with van der Waals surface area (Å²) in [5.74, 6) is 0.847. The molecule has 0 aliphatic carbocycles. The summed E-state index contributed by atoms with van der Waals surface area (Å²) in [6, 6.07) is 11.7. The number of aromatic nitrogens is 4. The molecule has 0 saturated carbocycles. The summed E-state index contributed by atoms with van der Waals surface area (Å²) in [6.45, 7) is 0.670. The van der Waals surface area contributed by atoms with Crippen LogP contribution in [-0.4, -0.2) is 27.1 Å². The van der Waals surface area contributed by atoms with Gasteiger partial charge < -0.3 is 4.74 Å². The van der Waals surface area contributed by atoms with Crippen LogP contribution in [0.1, 0.15) is 5.56 Å². The summed E-state index contributed by atoms with van der Waals surface area (Å²) in [4.78, 5) is 4.11. The average molecular weight is 345 g/mol. The van der Waals surface area contributed by atoms with Crippen LogP contribution in [-0.2, 0) is 6.54 Å². The number of ether oxygens (including phenoxy) is 1. The van der Waals surface area contributed by atoms with Gasteiger partial charge in [-0.05, 0) is 45.8 Å². The predicted molar refractivity (Wildman–Crippen MR) is 83.0 cm³/mol. The third-order valence-corrected chi connectivity index (χ3v) is 3.50. The number of nitrogens with zero attached hydrogens (tertiary/aromatic N) is 4. The predicted octanol–water partition coefficient (Wildman–Crippen LogP) is 3.16. The summed E-state index contributed by atoms with van der Waals surface area (Å²) in [5.41, 5.74) is 2.95. The zero-order valence-corrected chi connectivity index (χ0v) is 13.0. The first-order valence-corrected chi connectivity index (χ1v) is 7.19. The van der Waals surface area contributed by atoms with Crippen molar-refractivity contribution in [2.75, 3.05) is 7.11 Å². The Morgan fingerprint density at radius 2 is 2.00 bits per heavy atom. The number of hydrogen-bond donors (Lipinski definition) is 0. The molecule has 0 spiro atoms. The van der Waals surface area contributed by atoms with Crippen molar-refractivity contribution in [1.82, 2.24) is 20.0 Å². The van der Waals surface area contributed by atoms with Crippen LogP contribution in [0.5, 0.6) is 5.75 Å². The van der Waals surface area contributed by atoms with Gasteiger partial charge in [-0.15, -0.1) is 5.10 Å². The molecule has 0 aliphatic heterocycles. The van der Waals surface area contributed by atoms with E-state index < -0.39 is 0 Å². The molecule has 2 heterocycles. The Morgan fingerprint density at radius 1 is 1.19 bits per heavy atom. The standard InChI is InChI=1S/C15H13BrN4O/c1-21-13-4-2-11(3-5-13)9-20-10-14(18-19-20)12-6-7-17-15(16)8-12/h2-8,10H,9H2,1H3. The third kappa shape index (κ3) is 3.28. The maximum atomic E-state index is 5.15. The Hall–Kier alpha value is -2.21. The molecule has 0 saturated heterocycles. The van der Waals surface area contributed by atoms with Crippen molar-refractivity contribution in [3.05, 3.63) is 59.0 Å². The molecule has 0 unspecified atom stereocenters. The van der Waals surface area contributed by atoms with Crippen molar-refractivity contribution in [3.63, 3.8) is 0 Å². The molecule has 0 amide bonds. The third-order valence-electron chi connectivity index (χ3n) is 3.06. The van der Waals surface area contributed by atoms with Gasteiger partial charge in [0.15, 0.2) is 0 Å². The molecular formula is C15H13BrN4O. The topological polar surface area (TPSA) is 52.8 Å². The zero-order valence-electron chi connectivity index (χ0n) is 11.4. The van der Waals surface area contributed by atoms with E-state index in [4.69, 9.17) is 4.74 Å². The molecule has 0 fully saturated rings. The van der Waals surface area contributed by atoms with Crippen LogP contribution in [0.15, 0.2) is 53.4 Å². The normalized spacial score (nSPS) is 10.6. The van der Waals surface area contributed by atoms with Gasteiger partial charge in [0.05, 0.1) is 19.9 Å². The monoisotopic (exact) mass is 344 g/mol. The molecule has 106 valence electrons. The SMILES string of the molecule is COc1ccc(Cn2cc(-c3ccnc(Br)c3)nn2)cc1. The van der Waals surface area contributed by atoms with E-state index in [9.17, 15) is 0 Å². The maximum Gasteiger partial charge on any atom is 0.118 e. The van der Waals surface area contributed by atoms with Crippen molar-refractivity contribution < 1.29 is 4.74 Å². The summed E-state index contributed by atoms with van der Waals surface area (Å²) in [6.07, 6.45) is 3.66. The largest absolute Gasteiger partial charge is 0.497 e. The molecule has 3 aromatic rings. The van der Waals surface area contributed by atoms with Gasteiger partial charge in [0.2, 0.25) is 0 Å². The van der Waals surface area contributed by atoms with Crippen LogP contribution < -0.4 is 4.74 Å². The van der Waals surface area contributed by atoms with Crippen molar-refractivity contribution in [1.29, 1.82) is 0 Å². The highest BCUT2D eigenvalue weighted by molar-refractivity contribution is 9.10. The van der Waals surface area contributed by atoms with Gasteiger partial charge in [0.1, 0.15) is 16.0 Å². The molecule has 21 heavy (non-hydrogen) atoms. The quantitative estimate of drug-likeness (QED) is 0.682. The molecule has 0 atom stereocenters. The summed E-state index contributed by atoms with van der Waals surface area (Å²) in [7, 11) is 1.66. The summed E-state index contributed by atoms with van der Waals surface area (Å²) < 4.78 is 7.74. The minimum Gasteiger partial charge on any atom is -0.497 e. The number of halogens is 1. The van der Waals surface area contributed by atoms with Gasteiger partial charge in [-0.3, -0.25) is 0 Å². The Bertz CT molecular complexity index is 739. The first-order chi connectivity index (χ1) is 10.2. The van der Waals surface area contributed by atoms with Crippen molar-refractivity contribution in [3.8, 4) is 17.0 Å². The van der Waals surface area contributed by atoms with E-state index in [0.29, 0.717) is 6.54 Å². The van der Waals surface area contributed by atoms with Crippen LogP contribution >= 0.6 is 15.9 Å². The van der Waals surface area contributed by atoms with Crippen molar-refractivity contribution in [2.45, 2.75) is 6.54 Å². The molecule has 3 rings (SSSR count). The van der Waals surface area contributed by atoms with E-state index in [1.165, 1.54) is 0 Å². The van der Waals surface area contributed by atoms with E-state index in [2.05, 4.69) is 31.2 Å². The van der Waals surface area contributed by atoms with E-state index in [0.717, 1.165) is 27.2 Å². The van der Waals surface area contributed by atoms with Gasteiger partial charge in [0.25, 0.3) is 0 Å². The molecule has 1 aromatic carbocycles. The van der Waals surface area contributed by atoms with Gasteiger partial charge >= 0.3 is 0 Å². The van der Waals surface area contributed by atoms with E-state index in [1.54, 1.807) is 13.3 Å². The highest BCUT2D eigenvalue weighted by atomic mass is 79.9. The minimum absolute atomic E-state index is 0.670. The highest BCUT2D eigenvalue weighted by Gasteiger charge is 2.05. The van der Waals surface area contributed by atoms with Crippen molar-refractivity contribution >= 4 is 15.9 Å². The summed E-state index contributed by atoms with van der Waals surface area (Å²) in [5, 5.41) is 8.36. The fourth-order valence-corrected chi connectivity index (χ4v) is 2.35. The highest BCUT2D eigenvalue weighted by Crippen LogP contribution is 2.19.